The number of benzene rings is 1. The van der Waals surface area contributed by atoms with Gasteiger partial charge >= 0.3 is 0 Å². The second-order valence-electron chi connectivity index (χ2n) is 3.85. The number of Topliss-reactive ketones (excluding diaryl/α,β-unsaturated/α-hetero) is 1. The van der Waals surface area contributed by atoms with Gasteiger partial charge in [0.25, 0.3) is 0 Å². The molecule has 17 heavy (non-hydrogen) atoms. The Bertz CT molecular complexity index is 501. The lowest BCUT2D eigenvalue weighted by atomic mass is 9.96. The molecule has 0 saturated carbocycles. The van der Waals surface area contributed by atoms with E-state index in [0.29, 0.717) is 11.1 Å². The van der Waals surface area contributed by atoms with E-state index in [9.17, 15) is 15.0 Å². The molecular formula is C13H11ClO3. The molecule has 0 bridgehead atoms. The number of halogens is 1. The molecule has 2 rings (SSSR count). The summed E-state index contributed by atoms with van der Waals surface area (Å²) in [4.78, 5) is 12.0. The van der Waals surface area contributed by atoms with E-state index < -0.39 is 10.8 Å². The molecule has 88 valence electrons. The van der Waals surface area contributed by atoms with Gasteiger partial charge in [-0.2, -0.15) is 0 Å². The monoisotopic (exact) mass is 250 g/mol. The molecule has 0 aliphatic heterocycles. The molecule has 0 amide bonds. The van der Waals surface area contributed by atoms with Gasteiger partial charge < -0.3 is 10.2 Å². The maximum atomic E-state index is 12.0. The van der Waals surface area contributed by atoms with E-state index in [1.807, 2.05) is 6.07 Å². The third kappa shape index (κ3) is 2.40. The van der Waals surface area contributed by atoms with Crippen molar-refractivity contribution in [3.05, 3.63) is 59.4 Å². The number of hydrogen-bond donors (Lipinski definition) is 2. The zero-order valence-electron chi connectivity index (χ0n) is 8.93. The molecule has 1 aliphatic carbocycles. The molecule has 1 aliphatic rings. The Morgan fingerprint density at radius 2 is 1.94 bits per heavy atom. The van der Waals surface area contributed by atoms with Crippen molar-refractivity contribution >= 4 is 17.4 Å². The first-order valence-corrected chi connectivity index (χ1v) is 5.51. The minimum atomic E-state index is -1.79. The van der Waals surface area contributed by atoms with Crippen LogP contribution in [0, 0.1) is 0 Å². The zero-order chi connectivity index (χ0) is 12.5. The highest BCUT2D eigenvalue weighted by atomic mass is 35.5. The topological polar surface area (TPSA) is 57.5 Å². The van der Waals surface area contributed by atoms with E-state index in [0.717, 1.165) is 0 Å². The number of allylic oxidation sites excluding steroid dienone is 2. The molecular weight excluding hydrogens is 240 g/mol. The Balaban J connectivity index is 2.27. The van der Waals surface area contributed by atoms with Gasteiger partial charge in [-0.1, -0.05) is 48.0 Å². The maximum absolute atomic E-state index is 12.0. The molecule has 0 fully saturated rings. The fraction of sp³-hybridized carbons (Fsp3) is 0.154. The first-order chi connectivity index (χ1) is 8.00. The van der Waals surface area contributed by atoms with Crippen molar-refractivity contribution < 1.29 is 15.0 Å². The summed E-state index contributed by atoms with van der Waals surface area (Å²) in [5.74, 6) is -0.606. The molecule has 1 aromatic rings. The van der Waals surface area contributed by atoms with Crippen LogP contribution in [0.3, 0.4) is 0 Å². The number of aliphatic hydroxyl groups is 2. The van der Waals surface area contributed by atoms with Gasteiger partial charge in [0.1, 0.15) is 5.76 Å². The highest BCUT2D eigenvalue weighted by molar-refractivity contribution is 6.25. The largest absolute Gasteiger partial charge is 0.508 e. The van der Waals surface area contributed by atoms with Crippen molar-refractivity contribution in [3.8, 4) is 0 Å². The van der Waals surface area contributed by atoms with Crippen LogP contribution >= 0.6 is 11.6 Å². The smallest absolute Gasteiger partial charge is 0.199 e. The van der Waals surface area contributed by atoms with Gasteiger partial charge in [-0.05, 0) is 6.08 Å². The number of alkyl halides is 1. The molecule has 1 atom stereocenters. The van der Waals surface area contributed by atoms with Crippen LogP contribution in [0.25, 0.3) is 0 Å². The number of carbonyl (C=O) groups is 1. The average Bonchev–Trinajstić information content (AvgIpc) is 2.33. The van der Waals surface area contributed by atoms with Gasteiger partial charge in [-0.25, -0.2) is 0 Å². The SMILES string of the molecule is O=C(C1=CCC(O)(Cl)C(O)=C1)c1ccccc1. The van der Waals surface area contributed by atoms with Crippen LogP contribution in [0.1, 0.15) is 16.8 Å². The normalized spacial score (nSPS) is 23.9. The van der Waals surface area contributed by atoms with Crippen LogP contribution in [0.4, 0.5) is 0 Å². The molecule has 3 nitrogen and oxygen atoms in total. The number of hydrogen-bond acceptors (Lipinski definition) is 3. The second-order valence-corrected chi connectivity index (χ2v) is 4.47. The molecule has 0 aromatic heterocycles. The van der Waals surface area contributed by atoms with Crippen molar-refractivity contribution in [2.24, 2.45) is 0 Å². The third-order valence-electron chi connectivity index (χ3n) is 2.58. The first kappa shape index (κ1) is 11.9. The van der Waals surface area contributed by atoms with Crippen molar-refractivity contribution in [1.82, 2.24) is 0 Å². The van der Waals surface area contributed by atoms with Crippen LogP contribution in [0.5, 0.6) is 0 Å². The molecule has 0 heterocycles. The molecule has 1 unspecified atom stereocenters. The molecule has 4 heteroatoms. The Morgan fingerprint density at radius 1 is 1.29 bits per heavy atom. The summed E-state index contributed by atoms with van der Waals surface area (Å²) in [5, 5.41) is 17.2. The van der Waals surface area contributed by atoms with Crippen LogP contribution in [-0.2, 0) is 0 Å². The highest BCUT2D eigenvalue weighted by Crippen LogP contribution is 2.31. The quantitative estimate of drug-likeness (QED) is 0.627. The van der Waals surface area contributed by atoms with Crippen LogP contribution in [0.15, 0.2) is 53.8 Å². The average molecular weight is 251 g/mol. The summed E-state index contributed by atoms with van der Waals surface area (Å²) < 4.78 is 0. The molecule has 0 saturated heterocycles. The van der Waals surface area contributed by atoms with E-state index in [4.69, 9.17) is 11.6 Å². The van der Waals surface area contributed by atoms with Crippen molar-refractivity contribution in [1.29, 1.82) is 0 Å². The van der Waals surface area contributed by atoms with E-state index in [-0.39, 0.29) is 12.2 Å². The Labute approximate surface area is 104 Å². The summed E-state index contributed by atoms with van der Waals surface area (Å²) >= 11 is 5.62. The van der Waals surface area contributed by atoms with Gasteiger partial charge in [0.2, 0.25) is 0 Å². The molecule has 2 N–H and O–H groups in total. The lowest BCUT2D eigenvalue weighted by molar-refractivity contribution is 0.101. The minimum Gasteiger partial charge on any atom is -0.508 e. The number of aliphatic hydroxyl groups excluding tert-OH is 1. The number of rotatable bonds is 2. The Kier molecular flexibility index (Phi) is 3.05. The summed E-state index contributed by atoms with van der Waals surface area (Å²) in [6, 6.07) is 8.72. The molecule has 1 aromatic carbocycles. The Hall–Kier alpha value is -1.58. The third-order valence-corrected chi connectivity index (χ3v) is 2.92. The predicted octanol–water partition coefficient (Wildman–Crippen LogP) is 2.57. The van der Waals surface area contributed by atoms with Gasteiger partial charge in [-0.3, -0.25) is 4.79 Å². The summed E-state index contributed by atoms with van der Waals surface area (Å²) in [7, 11) is 0. The maximum Gasteiger partial charge on any atom is 0.199 e. The van der Waals surface area contributed by atoms with Crippen molar-refractivity contribution in [2.45, 2.75) is 11.5 Å². The van der Waals surface area contributed by atoms with E-state index in [1.54, 1.807) is 24.3 Å². The van der Waals surface area contributed by atoms with E-state index in [1.165, 1.54) is 12.2 Å². The number of carbonyl (C=O) groups excluding carboxylic acids is 1. The lowest BCUT2D eigenvalue weighted by Gasteiger charge is -2.22. The zero-order valence-corrected chi connectivity index (χ0v) is 9.69. The summed E-state index contributed by atoms with van der Waals surface area (Å²) in [6.45, 7) is 0. The standard InChI is InChI=1S/C13H11ClO3/c14-13(17)7-6-10(8-11(13)15)12(16)9-4-2-1-3-5-9/h1-6,8,15,17H,7H2. The molecule has 0 radical (unpaired) electrons. The van der Waals surface area contributed by atoms with Gasteiger partial charge in [-0.15, -0.1) is 0 Å². The minimum absolute atomic E-state index is 0.00476. The Morgan fingerprint density at radius 3 is 2.53 bits per heavy atom. The van der Waals surface area contributed by atoms with Crippen molar-refractivity contribution in [2.75, 3.05) is 0 Å². The van der Waals surface area contributed by atoms with Gasteiger partial charge in [0.05, 0.1) is 0 Å². The molecule has 0 spiro atoms. The van der Waals surface area contributed by atoms with Crippen LogP contribution in [-0.4, -0.2) is 21.1 Å². The van der Waals surface area contributed by atoms with E-state index in [2.05, 4.69) is 0 Å². The fourth-order valence-electron chi connectivity index (χ4n) is 1.58. The number of ketones is 1. The summed E-state index contributed by atoms with van der Waals surface area (Å²) in [6.07, 6.45) is 2.72. The fourth-order valence-corrected chi connectivity index (χ4v) is 1.71. The summed E-state index contributed by atoms with van der Waals surface area (Å²) in [5.41, 5.74) is 0.863. The van der Waals surface area contributed by atoms with Gasteiger partial charge in [0, 0.05) is 17.6 Å². The van der Waals surface area contributed by atoms with Crippen molar-refractivity contribution in [3.63, 3.8) is 0 Å². The highest BCUT2D eigenvalue weighted by Gasteiger charge is 2.32. The first-order valence-electron chi connectivity index (χ1n) is 5.13. The van der Waals surface area contributed by atoms with E-state index >= 15 is 0 Å². The second kappa shape index (κ2) is 4.35. The van der Waals surface area contributed by atoms with Crippen LogP contribution < -0.4 is 0 Å². The lowest BCUT2D eigenvalue weighted by Crippen LogP contribution is -2.26. The van der Waals surface area contributed by atoms with Crippen LogP contribution in [0.2, 0.25) is 0 Å². The van der Waals surface area contributed by atoms with Gasteiger partial charge in [0.15, 0.2) is 10.8 Å². The predicted molar refractivity (Wildman–Crippen MR) is 65.0 cm³/mol.